The van der Waals surface area contributed by atoms with Gasteiger partial charge in [0.05, 0.1) is 0 Å². The van der Waals surface area contributed by atoms with Crippen LogP contribution < -0.4 is 11.1 Å². The highest BCUT2D eigenvalue weighted by atomic mass is 79.9. The van der Waals surface area contributed by atoms with E-state index in [9.17, 15) is 9.59 Å². The molecule has 3 rings (SSSR count). The number of hydrogen-bond donors (Lipinski definition) is 2. The van der Waals surface area contributed by atoms with Crippen molar-refractivity contribution in [2.24, 2.45) is 11.7 Å². The standard InChI is InChI=1S/C17H22BrN3O2/c18-13-7-5-12(6-8-13)17(23)21-9-1-2-15(21)16(22)20-10-14(19)11-3-4-11/h5-8,11,14-15H,1-4,9-10,19H2,(H,20,22). The van der Waals surface area contributed by atoms with Crippen LogP contribution in [-0.4, -0.2) is 41.9 Å². The predicted octanol–water partition coefficient (Wildman–Crippen LogP) is 1.91. The fourth-order valence-corrected chi connectivity index (χ4v) is 3.33. The first-order valence-electron chi connectivity index (χ1n) is 8.16. The van der Waals surface area contributed by atoms with Gasteiger partial charge >= 0.3 is 0 Å². The predicted molar refractivity (Wildman–Crippen MR) is 91.9 cm³/mol. The minimum absolute atomic E-state index is 0.0379. The Kier molecular flexibility index (Phi) is 5.02. The third-order valence-electron chi connectivity index (χ3n) is 4.65. The molecule has 1 heterocycles. The van der Waals surface area contributed by atoms with Gasteiger partial charge in [0, 0.05) is 29.2 Å². The molecule has 1 saturated carbocycles. The maximum Gasteiger partial charge on any atom is 0.254 e. The zero-order valence-corrected chi connectivity index (χ0v) is 14.6. The Hall–Kier alpha value is -1.40. The Morgan fingerprint density at radius 2 is 1.96 bits per heavy atom. The molecule has 3 N–H and O–H groups in total. The van der Waals surface area contributed by atoms with E-state index in [0.29, 0.717) is 31.0 Å². The number of nitrogens with zero attached hydrogens (tertiary/aromatic N) is 1. The zero-order chi connectivity index (χ0) is 16.4. The number of amides is 2. The van der Waals surface area contributed by atoms with Gasteiger partial charge in [-0.1, -0.05) is 15.9 Å². The normalized spacial score (nSPS) is 22.0. The fourth-order valence-electron chi connectivity index (χ4n) is 3.07. The molecule has 1 aromatic carbocycles. The van der Waals surface area contributed by atoms with Crippen molar-refractivity contribution >= 4 is 27.7 Å². The number of likely N-dealkylation sites (tertiary alicyclic amines) is 1. The van der Waals surface area contributed by atoms with Crippen LogP contribution in [0, 0.1) is 5.92 Å². The van der Waals surface area contributed by atoms with E-state index < -0.39 is 0 Å². The Balaban J connectivity index is 1.60. The van der Waals surface area contributed by atoms with Gasteiger partial charge in [0.1, 0.15) is 6.04 Å². The minimum atomic E-state index is -0.377. The summed E-state index contributed by atoms with van der Waals surface area (Å²) in [5.41, 5.74) is 6.64. The van der Waals surface area contributed by atoms with Crippen molar-refractivity contribution in [1.29, 1.82) is 0 Å². The average Bonchev–Trinajstić information content (AvgIpc) is 3.29. The third-order valence-corrected chi connectivity index (χ3v) is 5.18. The number of hydrogen-bond acceptors (Lipinski definition) is 3. The smallest absolute Gasteiger partial charge is 0.254 e. The lowest BCUT2D eigenvalue weighted by Gasteiger charge is -2.24. The summed E-state index contributed by atoms with van der Waals surface area (Å²) in [6.07, 6.45) is 3.89. The molecule has 0 aromatic heterocycles. The fraction of sp³-hybridized carbons (Fsp3) is 0.529. The first-order valence-corrected chi connectivity index (χ1v) is 8.95. The van der Waals surface area contributed by atoms with E-state index in [1.807, 2.05) is 12.1 Å². The van der Waals surface area contributed by atoms with Gasteiger partial charge in [-0.25, -0.2) is 0 Å². The van der Waals surface area contributed by atoms with Crippen LogP contribution in [0.3, 0.4) is 0 Å². The molecule has 124 valence electrons. The highest BCUT2D eigenvalue weighted by Gasteiger charge is 2.35. The molecule has 0 bridgehead atoms. The van der Waals surface area contributed by atoms with E-state index in [1.165, 1.54) is 0 Å². The summed E-state index contributed by atoms with van der Waals surface area (Å²) in [5, 5.41) is 2.93. The molecule has 2 aliphatic rings. The lowest BCUT2D eigenvalue weighted by atomic mass is 10.1. The molecule has 1 aliphatic carbocycles. The number of benzene rings is 1. The molecule has 2 amide bonds. The van der Waals surface area contributed by atoms with Crippen molar-refractivity contribution in [3.8, 4) is 0 Å². The number of carbonyl (C=O) groups is 2. The molecule has 0 spiro atoms. The minimum Gasteiger partial charge on any atom is -0.353 e. The zero-order valence-electron chi connectivity index (χ0n) is 13.0. The monoisotopic (exact) mass is 379 g/mol. The number of carbonyl (C=O) groups excluding carboxylic acids is 2. The van der Waals surface area contributed by atoms with Crippen LogP contribution in [0.25, 0.3) is 0 Å². The van der Waals surface area contributed by atoms with Crippen LogP contribution in [0.15, 0.2) is 28.7 Å². The van der Waals surface area contributed by atoms with Crippen molar-refractivity contribution in [1.82, 2.24) is 10.2 Å². The highest BCUT2D eigenvalue weighted by molar-refractivity contribution is 9.10. The molecule has 1 aliphatic heterocycles. The number of nitrogens with one attached hydrogen (secondary N) is 1. The van der Waals surface area contributed by atoms with Crippen LogP contribution in [0.5, 0.6) is 0 Å². The van der Waals surface area contributed by atoms with Gasteiger partial charge in [0.15, 0.2) is 0 Å². The quantitative estimate of drug-likeness (QED) is 0.820. The Bertz CT molecular complexity index is 586. The first kappa shape index (κ1) is 16.5. The summed E-state index contributed by atoms with van der Waals surface area (Å²) >= 11 is 3.36. The van der Waals surface area contributed by atoms with E-state index in [4.69, 9.17) is 5.73 Å². The molecule has 2 unspecified atom stereocenters. The van der Waals surface area contributed by atoms with Crippen LogP contribution in [0.4, 0.5) is 0 Å². The SMILES string of the molecule is NC(CNC(=O)C1CCCN1C(=O)c1ccc(Br)cc1)C1CC1. The Morgan fingerprint density at radius 1 is 1.26 bits per heavy atom. The Morgan fingerprint density at radius 3 is 2.61 bits per heavy atom. The topological polar surface area (TPSA) is 75.4 Å². The molecule has 1 saturated heterocycles. The second-order valence-corrected chi connectivity index (χ2v) is 7.33. The van der Waals surface area contributed by atoms with Crippen LogP contribution >= 0.6 is 15.9 Å². The summed E-state index contributed by atoms with van der Waals surface area (Å²) < 4.78 is 0.929. The van der Waals surface area contributed by atoms with Gasteiger partial charge in [-0.05, 0) is 55.9 Å². The molecule has 2 fully saturated rings. The average molecular weight is 380 g/mol. The molecule has 0 radical (unpaired) electrons. The summed E-state index contributed by atoms with van der Waals surface area (Å²) in [7, 11) is 0. The second-order valence-electron chi connectivity index (χ2n) is 6.41. The summed E-state index contributed by atoms with van der Waals surface area (Å²) in [5.74, 6) is 0.394. The van der Waals surface area contributed by atoms with Gasteiger partial charge in [-0.2, -0.15) is 0 Å². The largest absolute Gasteiger partial charge is 0.353 e. The summed E-state index contributed by atoms with van der Waals surface area (Å²) in [6, 6.07) is 6.90. The van der Waals surface area contributed by atoms with E-state index in [1.54, 1.807) is 17.0 Å². The summed E-state index contributed by atoms with van der Waals surface area (Å²) in [6.45, 7) is 1.13. The van der Waals surface area contributed by atoms with Crippen LogP contribution in [0.2, 0.25) is 0 Å². The molecule has 2 atom stereocenters. The number of nitrogens with two attached hydrogens (primary N) is 1. The lowest BCUT2D eigenvalue weighted by Crippen LogP contribution is -2.48. The van der Waals surface area contributed by atoms with E-state index in [0.717, 1.165) is 23.7 Å². The third kappa shape index (κ3) is 3.93. The van der Waals surface area contributed by atoms with Crippen molar-refractivity contribution < 1.29 is 9.59 Å². The van der Waals surface area contributed by atoms with Gasteiger partial charge in [0.2, 0.25) is 5.91 Å². The van der Waals surface area contributed by atoms with Crippen LogP contribution in [-0.2, 0) is 4.79 Å². The Labute approximate surface area is 144 Å². The first-order chi connectivity index (χ1) is 11.1. The molecular formula is C17H22BrN3O2. The molecule has 6 heteroatoms. The van der Waals surface area contributed by atoms with Crippen molar-refractivity contribution in [3.05, 3.63) is 34.3 Å². The van der Waals surface area contributed by atoms with Crippen LogP contribution in [0.1, 0.15) is 36.0 Å². The van der Waals surface area contributed by atoms with E-state index >= 15 is 0 Å². The van der Waals surface area contributed by atoms with Gasteiger partial charge in [0.25, 0.3) is 5.91 Å². The van der Waals surface area contributed by atoms with Crippen molar-refractivity contribution in [2.75, 3.05) is 13.1 Å². The van der Waals surface area contributed by atoms with Gasteiger partial charge < -0.3 is 16.0 Å². The maximum atomic E-state index is 12.6. The maximum absolute atomic E-state index is 12.6. The van der Waals surface area contributed by atoms with Gasteiger partial charge in [-0.3, -0.25) is 9.59 Å². The number of rotatable bonds is 5. The molecular weight excluding hydrogens is 358 g/mol. The van der Waals surface area contributed by atoms with Crippen molar-refractivity contribution in [3.63, 3.8) is 0 Å². The van der Waals surface area contributed by atoms with E-state index in [2.05, 4.69) is 21.2 Å². The summed E-state index contributed by atoms with van der Waals surface area (Å²) in [4.78, 5) is 26.7. The molecule has 1 aromatic rings. The second kappa shape index (κ2) is 7.01. The molecule has 23 heavy (non-hydrogen) atoms. The number of halogens is 1. The van der Waals surface area contributed by atoms with Crippen molar-refractivity contribution in [2.45, 2.75) is 37.8 Å². The molecule has 5 nitrogen and oxygen atoms in total. The van der Waals surface area contributed by atoms with E-state index in [-0.39, 0.29) is 23.9 Å². The lowest BCUT2D eigenvalue weighted by molar-refractivity contribution is -0.124. The van der Waals surface area contributed by atoms with Gasteiger partial charge in [-0.15, -0.1) is 0 Å². The highest BCUT2D eigenvalue weighted by Crippen LogP contribution is 2.31.